The second-order valence-electron chi connectivity index (χ2n) is 7.12. The Morgan fingerprint density at radius 3 is 1.60 bits per heavy atom. The first-order chi connectivity index (χ1) is 14.3. The number of hydrogen-bond donors (Lipinski definition) is 0. The lowest BCUT2D eigenvalue weighted by Gasteiger charge is -2.29. The van der Waals surface area contributed by atoms with E-state index in [-0.39, 0.29) is 12.4 Å². The van der Waals surface area contributed by atoms with Crippen molar-refractivity contribution >= 4 is 29.5 Å². The maximum absolute atomic E-state index is 11.5. The summed E-state index contributed by atoms with van der Waals surface area (Å²) in [7, 11) is -2.00. The molecule has 0 radical (unpaired) electrons. The summed E-state index contributed by atoms with van der Waals surface area (Å²) in [6.07, 6.45) is 2.39. The summed E-state index contributed by atoms with van der Waals surface area (Å²) in [6, 6.07) is 40.8. The Morgan fingerprint density at radius 2 is 1.07 bits per heavy atom. The fraction of sp³-hybridized carbons (Fsp3) is 0.0741. The van der Waals surface area contributed by atoms with Crippen LogP contribution in [0.15, 0.2) is 115 Å². The predicted molar refractivity (Wildman–Crippen MR) is 125 cm³/mol. The lowest BCUT2D eigenvalue weighted by atomic mass is 10.2. The molecular weight excluding hydrogens is 407 g/mol. The second-order valence-corrected chi connectivity index (χ2v) is 10.6. The Morgan fingerprint density at radius 1 is 0.600 bits per heavy atom. The van der Waals surface area contributed by atoms with Crippen molar-refractivity contribution in [1.29, 1.82) is 0 Å². The largest absolute Gasteiger partial charge is 1.00 e. The maximum Gasteiger partial charge on any atom is 0.124 e. The highest BCUT2D eigenvalue weighted by Crippen LogP contribution is 2.58. The molecular formula is C27H24ClOP. The number of halogens is 1. The van der Waals surface area contributed by atoms with Crippen LogP contribution in [-0.2, 0) is 17.4 Å². The number of benzene rings is 4. The summed E-state index contributed by atoms with van der Waals surface area (Å²) in [5, 5.41) is 3.98. The van der Waals surface area contributed by atoms with Crippen LogP contribution in [0.25, 0.3) is 0 Å². The third-order valence-electron chi connectivity index (χ3n) is 5.36. The Balaban J connectivity index is 0.00000256. The van der Waals surface area contributed by atoms with Crippen molar-refractivity contribution in [3.63, 3.8) is 0 Å². The van der Waals surface area contributed by atoms with Gasteiger partial charge in [0.2, 0.25) is 0 Å². The van der Waals surface area contributed by atoms with E-state index < -0.39 is 7.26 Å². The van der Waals surface area contributed by atoms with Crippen LogP contribution >= 0.6 is 7.26 Å². The van der Waals surface area contributed by atoms with Crippen molar-refractivity contribution in [2.45, 2.75) is 12.6 Å². The Labute approximate surface area is 185 Å². The minimum atomic E-state index is -2.00. The summed E-state index contributed by atoms with van der Waals surface area (Å²) in [5.41, 5.74) is 2.44. The van der Waals surface area contributed by atoms with Crippen LogP contribution < -0.4 is 28.3 Å². The molecule has 0 atom stereocenters. The molecule has 1 nitrogen and oxygen atoms in total. The van der Waals surface area contributed by atoms with E-state index in [1.165, 1.54) is 21.5 Å². The van der Waals surface area contributed by atoms with Crippen LogP contribution in [0.5, 0.6) is 0 Å². The van der Waals surface area contributed by atoms with Gasteiger partial charge < -0.3 is 17.2 Å². The van der Waals surface area contributed by atoms with E-state index in [9.17, 15) is 4.79 Å². The van der Waals surface area contributed by atoms with E-state index in [1.807, 2.05) is 6.07 Å². The first-order valence-corrected chi connectivity index (χ1v) is 11.9. The van der Waals surface area contributed by atoms with Gasteiger partial charge in [-0.2, -0.15) is 0 Å². The minimum absolute atomic E-state index is 0. The average molecular weight is 431 g/mol. The van der Waals surface area contributed by atoms with E-state index in [0.717, 1.165) is 18.0 Å². The number of rotatable bonds is 7. The van der Waals surface area contributed by atoms with Crippen LogP contribution in [0.3, 0.4) is 0 Å². The Hall–Kier alpha value is -2.73. The van der Waals surface area contributed by atoms with Crippen molar-refractivity contribution in [2.75, 3.05) is 0 Å². The van der Waals surface area contributed by atoms with Gasteiger partial charge in [-0.25, -0.2) is 0 Å². The van der Waals surface area contributed by atoms with E-state index in [2.05, 4.69) is 109 Å². The fourth-order valence-electron chi connectivity index (χ4n) is 4.06. The predicted octanol–water partition coefficient (Wildman–Crippen LogP) is 1.93. The molecule has 150 valence electrons. The van der Waals surface area contributed by atoms with Crippen molar-refractivity contribution in [1.82, 2.24) is 0 Å². The molecule has 0 spiro atoms. The average Bonchev–Trinajstić information content (AvgIpc) is 2.80. The van der Waals surface area contributed by atoms with Crippen molar-refractivity contribution in [3.8, 4) is 0 Å². The monoisotopic (exact) mass is 430 g/mol. The van der Waals surface area contributed by atoms with Gasteiger partial charge in [-0.3, -0.25) is 0 Å². The van der Waals surface area contributed by atoms with Gasteiger partial charge in [0, 0.05) is 12.0 Å². The molecule has 0 fully saturated rings. The number of carbonyl (C=O) groups excluding carboxylic acids is 1. The zero-order chi connectivity index (χ0) is 19.9. The molecule has 0 amide bonds. The van der Waals surface area contributed by atoms with Gasteiger partial charge >= 0.3 is 0 Å². The zero-order valence-electron chi connectivity index (χ0n) is 16.7. The third-order valence-corrected chi connectivity index (χ3v) is 9.82. The first kappa shape index (κ1) is 22.0. The highest BCUT2D eigenvalue weighted by atomic mass is 35.5. The molecule has 0 saturated carbocycles. The summed E-state index contributed by atoms with van der Waals surface area (Å²) in [5.74, 6) is 0. The van der Waals surface area contributed by atoms with Crippen molar-refractivity contribution < 1.29 is 17.2 Å². The Kier molecular flexibility index (Phi) is 7.57. The van der Waals surface area contributed by atoms with Crippen LogP contribution in [-0.4, -0.2) is 6.29 Å². The van der Waals surface area contributed by atoms with E-state index >= 15 is 0 Å². The summed E-state index contributed by atoms with van der Waals surface area (Å²) >= 11 is 0. The van der Waals surface area contributed by atoms with Gasteiger partial charge in [0.05, 0.1) is 6.16 Å². The minimum Gasteiger partial charge on any atom is -1.00 e. The molecule has 0 bridgehead atoms. The maximum atomic E-state index is 11.5. The molecule has 4 aromatic rings. The first-order valence-electron chi connectivity index (χ1n) is 9.90. The molecule has 0 N–H and O–H groups in total. The summed E-state index contributed by atoms with van der Waals surface area (Å²) in [6.45, 7) is 0. The lowest BCUT2D eigenvalue weighted by Crippen LogP contribution is -3.00. The van der Waals surface area contributed by atoms with E-state index in [4.69, 9.17) is 0 Å². The van der Waals surface area contributed by atoms with Gasteiger partial charge in [-0.1, -0.05) is 84.9 Å². The molecule has 0 heterocycles. The molecule has 0 aliphatic heterocycles. The van der Waals surface area contributed by atoms with Crippen LogP contribution in [0.4, 0.5) is 0 Å². The van der Waals surface area contributed by atoms with Crippen molar-refractivity contribution in [3.05, 3.63) is 126 Å². The molecule has 30 heavy (non-hydrogen) atoms. The molecule has 3 heteroatoms. The van der Waals surface area contributed by atoms with Crippen LogP contribution in [0.1, 0.15) is 11.1 Å². The normalized spacial score (nSPS) is 10.8. The highest BCUT2D eigenvalue weighted by Gasteiger charge is 2.46. The number of aldehydes is 1. The standard InChI is InChI=1S/C27H24OP.ClH/c28-21-20-24-14-10-11-19-27(24)29(25-15-6-2-7-16-25,26-17-8-3-9-18-26)22-23-12-4-1-5-13-23;/h1-19,21H,20,22H2;1H/q+1;/p-1. The Bertz CT molecular complexity index is 1030. The summed E-state index contributed by atoms with van der Waals surface area (Å²) in [4.78, 5) is 11.5. The van der Waals surface area contributed by atoms with Gasteiger partial charge in [0.15, 0.2) is 0 Å². The number of carbonyl (C=O) groups is 1. The molecule has 0 aliphatic carbocycles. The molecule has 0 aromatic heterocycles. The third kappa shape index (κ3) is 4.38. The molecule has 4 aromatic carbocycles. The SMILES string of the molecule is O=CCc1ccccc1[P+](Cc1ccccc1)(c1ccccc1)c1ccccc1.[Cl-]. The molecule has 4 rings (SSSR count). The van der Waals surface area contributed by atoms with Gasteiger partial charge in [-0.05, 0) is 35.9 Å². The second kappa shape index (κ2) is 10.3. The summed E-state index contributed by atoms with van der Waals surface area (Å²) < 4.78 is 0. The smallest absolute Gasteiger partial charge is 0.124 e. The molecule has 0 unspecified atom stereocenters. The highest BCUT2D eigenvalue weighted by molar-refractivity contribution is 7.95. The fourth-order valence-corrected chi connectivity index (χ4v) is 8.57. The van der Waals surface area contributed by atoms with Gasteiger partial charge in [0.25, 0.3) is 0 Å². The van der Waals surface area contributed by atoms with Crippen LogP contribution in [0, 0.1) is 0 Å². The topological polar surface area (TPSA) is 17.1 Å². The quantitative estimate of drug-likeness (QED) is 0.323. The zero-order valence-corrected chi connectivity index (χ0v) is 18.3. The van der Waals surface area contributed by atoms with E-state index in [0.29, 0.717) is 6.42 Å². The molecule has 0 saturated heterocycles. The molecule has 0 aliphatic rings. The van der Waals surface area contributed by atoms with Gasteiger partial charge in [0.1, 0.15) is 29.5 Å². The van der Waals surface area contributed by atoms with E-state index in [1.54, 1.807) is 0 Å². The lowest BCUT2D eigenvalue weighted by molar-refractivity contribution is -0.107. The van der Waals surface area contributed by atoms with Crippen molar-refractivity contribution in [2.24, 2.45) is 0 Å². The number of hydrogen-bond acceptors (Lipinski definition) is 1. The van der Waals surface area contributed by atoms with Crippen LogP contribution in [0.2, 0.25) is 0 Å². The van der Waals surface area contributed by atoms with Gasteiger partial charge in [-0.15, -0.1) is 0 Å².